The van der Waals surface area contributed by atoms with Crippen LogP contribution in [0.25, 0.3) is 0 Å². The Hall–Kier alpha value is -4.51. The number of fused-ring (bicyclic) bond motifs is 2. The summed E-state index contributed by atoms with van der Waals surface area (Å²) in [5, 5.41) is 0. The van der Waals surface area contributed by atoms with Crippen molar-refractivity contribution >= 4 is 17.7 Å². The number of imide groups is 1. The minimum Gasteiger partial charge on any atom is -0.329 e. The van der Waals surface area contributed by atoms with E-state index in [9.17, 15) is 14.4 Å². The van der Waals surface area contributed by atoms with Gasteiger partial charge in [0.25, 0.3) is 11.8 Å². The highest BCUT2D eigenvalue weighted by Gasteiger charge is 2.40. The molecule has 3 amide bonds. The summed E-state index contributed by atoms with van der Waals surface area (Å²) in [6.45, 7) is 2.20. The third kappa shape index (κ3) is 4.95. The van der Waals surface area contributed by atoms with E-state index in [1.165, 1.54) is 16.7 Å². The molecular formula is C35H32N2O3. The van der Waals surface area contributed by atoms with Gasteiger partial charge in [-0.15, -0.1) is 0 Å². The average molecular weight is 529 g/mol. The molecule has 5 heteroatoms. The quantitative estimate of drug-likeness (QED) is 0.270. The Bertz CT molecular complexity index is 1530. The fourth-order valence-electron chi connectivity index (χ4n) is 6.20. The molecular weight excluding hydrogens is 496 g/mol. The molecule has 1 heterocycles. The van der Waals surface area contributed by atoms with Crippen LogP contribution >= 0.6 is 0 Å². The van der Waals surface area contributed by atoms with Gasteiger partial charge in [0.1, 0.15) is 6.54 Å². The Morgan fingerprint density at radius 2 is 1.40 bits per heavy atom. The largest absolute Gasteiger partial charge is 0.329 e. The summed E-state index contributed by atoms with van der Waals surface area (Å²) in [4.78, 5) is 43.6. The van der Waals surface area contributed by atoms with Gasteiger partial charge in [-0.25, -0.2) is 0 Å². The number of carbonyl (C=O) groups excluding carboxylic acids is 3. The van der Waals surface area contributed by atoms with Crippen LogP contribution < -0.4 is 0 Å². The number of amides is 3. The van der Waals surface area contributed by atoms with Crippen LogP contribution in [0.1, 0.15) is 61.0 Å². The Labute approximate surface area is 235 Å². The molecule has 0 bridgehead atoms. The molecule has 2 unspecified atom stereocenters. The molecule has 5 nitrogen and oxygen atoms in total. The van der Waals surface area contributed by atoms with E-state index in [-0.39, 0.29) is 24.4 Å². The standard InChI is InChI=1S/C35H32N2O3/c1-24-15-17-25(18-16-24)21-28-20-19-27-11-5-6-12-29(27)33(28)36(22-26-9-3-2-4-10-26)32(38)23-37-34(39)30-13-7-8-14-31(30)35(37)40/h2-18,28,33H,19-23H2,1H3. The molecule has 200 valence electrons. The zero-order valence-electron chi connectivity index (χ0n) is 22.6. The number of aryl methyl sites for hydroxylation is 2. The predicted octanol–water partition coefficient (Wildman–Crippen LogP) is 6.17. The van der Waals surface area contributed by atoms with Gasteiger partial charge in [-0.05, 0) is 66.5 Å². The Balaban J connectivity index is 1.37. The molecule has 1 aliphatic heterocycles. The lowest BCUT2D eigenvalue weighted by atomic mass is 9.76. The summed E-state index contributed by atoms with van der Waals surface area (Å²) < 4.78 is 0. The van der Waals surface area contributed by atoms with Crippen LogP contribution in [0, 0.1) is 12.8 Å². The van der Waals surface area contributed by atoms with Crippen LogP contribution in [0.15, 0.2) is 103 Å². The zero-order chi connectivity index (χ0) is 27.6. The number of benzene rings is 4. The van der Waals surface area contributed by atoms with E-state index in [1.54, 1.807) is 24.3 Å². The van der Waals surface area contributed by atoms with Crippen molar-refractivity contribution in [3.8, 4) is 0 Å². The lowest BCUT2D eigenvalue weighted by Crippen LogP contribution is -2.46. The maximum atomic E-state index is 14.3. The van der Waals surface area contributed by atoms with Crippen molar-refractivity contribution in [3.63, 3.8) is 0 Å². The number of hydrogen-bond acceptors (Lipinski definition) is 3. The lowest BCUT2D eigenvalue weighted by molar-refractivity contribution is -0.136. The van der Waals surface area contributed by atoms with Gasteiger partial charge in [-0.1, -0.05) is 96.6 Å². The monoisotopic (exact) mass is 528 g/mol. The van der Waals surface area contributed by atoms with Gasteiger partial charge in [0.2, 0.25) is 5.91 Å². The summed E-state index contributed by atoms with van der Waals surface area (Å²) in [7, 11) is 0. The average Bonchev–Trinajstić information content (AvgIpc) is 3.22. The second-order valence-corrected chi connectivity index (χ2v) is 10.9. The molecule has 4 aromatic rings. The first-order valence-corrected chi connectivity index (χ1v) is 13.9. The minimum atomic E-state index is -0.408. The van der Waals surface area contributed by atoms with E-state index in [4.69, 9.17) is 0 Å². The van der Waals surface area contributed by atoms with Gasteiger partial charge in [-0.2, -0.15) is 0 Å². The van der Waals surface area contributed by atoms with Crippen molar-refractivity contribution < 1.29 is 14.4 Å². The fraction of sp³-hybridized carbons (Fsp3) is 0.229. The molecule has 0 saturated heterocycles. The fourth-order valence-corrected chi connectivity index (χ4v) is 6.20. The topological polar surface area (TPSA) is 57.7 Å². The van der Waals surface area contributed by atoms with E-state index < -0.39 is 11.8 Å². The second-order valence-electron chi connectivity index (χ2n) is 10.9. The first-order valence-electron chi connectivity index (χ1n) is 13.9. The van der Waals surface area contributed by atoms with E-state index in [0.29, 0.717) is 17.7 Å². The van der Waals surface area contributed by atoms with Gasteiger partial charge in [0.05, 0.1) is 17.2 Å². The van der Waals surface area contributed by atoms with Crippen molar-refractivity contribution in [2.24, 2.45) is 5.92 Å². The van der Waals surface area contributed by atoms with Crippen molar-refractivity contribution in [2.75, 3.05) is 6.54 Å². The second kappa shape index (κ2) is 10.9. The third-order valence-electron chi connectivity index (χ3n) is 8.25. The van der Waals surface area contributed by atoms with E-state index in [0.717, 1.165) is 35.3 Å². The Kier molecular flexibility index (Phi) is 7.04. The van der Waals surface area contributed by atoms with Crippen LogP contribution in [0.5, 0.6) is 0 Å². The molecule has 0 radical (unpaired) electrons. The number of rotatable bonds is 7. The van der Waals surface area contributed by atoms with Crippen LogP contribution in [-0.2, 0) is 24.2 Å². The lowest BCUT2D eigenvalue weighted by Gasteiger charge is -2.42. The maximum Gasteiger partial charge on any atom is 0.262 e. The molecule has 40 heavy (non-hydrogen) atoms. The van der Waals surface area contributed by atoms with Gasteiger partial charge in [0.15, 0.2) is 0 Å². The van der Waals surface area contributed by atoms with Crippen molar-refractivity contribution in [1.29, 1.82) is 0 Å². The predicted molar refractivity (Wildman–Crippen MR) is 155 cm³/mol. The van der Waals surface area contributed by atoms with Crippen molar-refractivity contribution in [2.45, 2.75) is 38.8 Å². The summed E-state index contributed by atoms with van der Waals surface area (Å²) in [6.07, 6.45) is 2.74. The SMILES string of the molecule is Cc1ccc(CC2CCc3ccccc3C2N(Cc2ccccc2)C(=O)CN2C(=O)c3ccccc3C2=O)cc1. The van der Waals surface area contributed by atoms with Gasteiger partial charge >= 0.3 is 0 Å². The first kappa shape index (κ1) is 25.8. The van der Waals surface area contributed by atoms with Gasteiger partial charge in [-0.3, -0.25) is 19.3 Å². The molecule has 1 aliphatic carbocycles. The molecule has 0 N–H and O–H groups in total. The molecule has 2 aliphatic rings. The number of carbonyl (C=O) groups is 3. The van der Waals surface area contributed by atoms with Crippen LogP contribution in [0.2, 0.25) is 0 Å². The van der Waals surface area contributed by atoms with E-state index >= 15 is 0 Å². The highest BCUT2D eigenvalue weighted by Crippen LogP contribution is 2.41. The first-order chi connectivity index (χ1) is 19.5. The summed E-state index contributed by atoms with van der Waals surface area (Å²) in [6, 6.07) is 33.5. The maximum absolute atomic E-state index is 14.3. The molecule has 0 aromatic heterocycles. The van der Waals surface area contributed by atoms with Crippen LogP contribution in [-0.4, -0.2) is 34.1 Å². The number of hydrogen-bond donors (Lipinski definition) is 0. The molecule has 4 aromatic carbocycles. The Morgan fingerprint density at radius 3 is 2.10 bits per heavy atom. The highest BCUT2D eigenvalue weighted by molar-refractivity contribution is 6.22. The van der Waals surface area contributed by atoms with Crippen molar-refractivity contribution in [1.82, 2.24) is 9.80 Å². The molecule has 0 saturated carbocycles. The molecule has 2 atom stereocenters. The van der Waals surface area contributed by atoms with E-state index in [1.807, 2.05) is 41.3 Å². The summed E-state index contributed by atoms with van der Waals surface area (Å²) >= 11 is 0. The zero-order valence-corrected chi connectivity index (χ0v) is 22.6. The highest BCUT2D eigenvalue weighted by atomic mass is 16.2. The molecule has 0 spiro atoms. The molecule has 6 rings (SSSR count). The minimum absolute atomic E-state index is 0.186. The van der Waals surface area contributed by atoms with Gasteiger partial charge in [0, 0.05) is 6.54 Å². The van der Waals surface area contributed by atoms with Crippen molar-refractivity contribution in [3.05, 3.63) is 142 Å². The summed E-state index contributed by atoms with van der Waals surface area (Å²) in [5.41, 5.74) is 6.58. The smallest absolute Gasteiger partial charge is 0.262 e. The van der Waals surface area contributed by atoms with Crippen LogP contribution in [0.4, 0.5) is 0 Å². The molecule has 0 fully saturated rings. The van der Waals surface area contributed by atoms with E-state index in [2.05, 4.69) is 49.4 Å². The number of nitrogens with zero attached hydrogens (tertiary/aromatic N) is 2. The Morgan fingerprint density at radius 1 is 0.775 bits per heavy atom. The van der Waals surface area contributed by atoms with Crippen LogP contribution in [0.3, 0.4) is 0 Å². The van der Waals surface area contributed by atoms with Gasteiger partial charge < -0.3 is 4.90 Å². The summed E-state index contributed by atoms with van der Waals surface area (Å²) in [5.74, 6) is -0.857. The normalized spacial score (nSPS) is 17.9. The third-order valence-corrected chi connectivity index (χ3v) is 8.25.